The van der Waals surface area contributed by atoms with E-state index in [9.17, 15) is 19.5 Å². The van der Waals surface area contributed by atoms with E-state index in [1.807, 2.05) is 70.2 Å². The lowest BCUT2D eigenvalue weighted by molar-refractivity contribution is -0.142. The fourth-order valence-electron chi connectivity index (χ4n) is 5.04. The number of fused-ring (bicyclic) bond motifs is 1. The third kappa shape index (κ3) is 8.01. The van der Waals surface area contributed by atoms with Crippen LogP contribution in [-0.4, -0.2) is 71.6 Å². The van der Waals surface area contributed by atoms with E-state index in [1.165, 1.54) is 0 Å². The molecule has 0 bridgehead atoms. The summed E-state index contributed by atoms with van der Waals surface area (Å²) in [5, 5.41) is 21.3. The lowest BCUT2D eigenvalue weighted by atomic mass is 10.00. The van der Waals surface area contributed by atoms with Crippen molar-refractivity contribution in [2.45, 2.75) is 84.0 Å². The number of rotatable bonds is 13. The average Bonchev–Trinajstić information content (AvgIpc) is 3.41. The van der Waals surface area contributed by atoms with E-state index < -0.39 is 18.2 Å². The first-order valence-corrected chi connectivity index (χ1v) is 14.0. The largest absolute Gasteiger partial charge is 0.390 e. The molecule has 8 nitrogen and oxygen atoms in total. The number of aliphatic hydroxyl groups excluding tert-OH is 1. The Labute approximate surface area is 226 Å². The normalized spacial score (nSPS) is 17.1. The molecule has 208 valence electrons. The summed E-state index contributed by atoms with van der Waals surface area (Å²) >= 11 is 0. The van der Waals surface area contributed by atoms with Crippen LogP contribution in [-0.2, 0) is 20.8 Å². The highest BCUT2D eigenvalue weighted by Crippen LogP contribution is 2.23. The van der Waals surface area contributed by atoms with Crippen molar-refractivity contribution < 1.29 is 19.5 Å². The van der Waals surface area contributed by atoms with Crippen molar-refractivity contribution in [2.75, 3.05) is 19.6 Å². The van der Waals surface area contributed by atoms with Crippen molar-refractivity contribution >= 4 is 28.5 Å². The molecule has 1 aliphatic heterocycles. The lowest BCUT2D eigenvalue weighted by Gasteiger charge is -2.29. The smallest absolute Gasteiger partial charge is 0.243 e. The summed E-state index contributed by atoms with van der Waals surface area (Å²) in [6.07, 6.45) is 2.38. The molecule has 0 spiro atoms. The summed E-state index contributed by atoms with van der Waals surface area (Å²) < 4.78 is 0. The van der Waals surface area contributed by atoms with Crippen LogP contribution in [0.2, 0.25) is 0 Å². The molecule has 1 saturated heterocycles. The molecule has 1 aliphatic rings. The molecule has 38 heavy (non-hydrogen) atoms. The zero-order chi connectivity index (χ0) is 27.7. The van der Waals surface area contributed by atoms with Gasteiger partial charge in [-0.1, -0.05) is 70.2 Å². The van der Waals surface area contributed by atoms with Gasteiger partial charge in [0.1, 0.15) is 12.1 Å². The van der Waals surface area contributed by atoms with Gasteiger partial charge in [0.15, 0.2) is 0 Å². The third-order valence-corrected chi connectivity index (χ3v) is 7.33. The molecule has 2 aromatic rings. The van der Waals surface area contributed by atoms with Crippen molar-refractivity contribution in [1.82, 2.24) is 20.9 Å². The van der Waals surface area contributed by atoms with Crippen LogP contribution in [0.5, 0.6) is 0 Å². The van der Waals surface area contributed by atoms with Crippen LogP contribution in [0.3, 0.4) is 0 Å². The summed E-state index contributed by atoms with van der Waals surface area (Å²) in [6.45, 7) is 8.95. The monoisotopic (exact) mass is 524 g/mol. The van der Waals surface area contributed by atoms with Gasteiger partial charge in [0.2, 0.25) is 17.7 Å². The number of carbonyl (C=O) groups is 3. The Kier molecular flexibility index (Phi) is 11.1. The molecule has 3 atom stereocenters. The minimum Gasteiger partial charge on any atom is -0.390 e. The number of benzene rings is 2. The predicted molar refractivity (Wildman–Crippen MR) is 151 cm³/mol. The molecule has 1 fully saturated rings. The number of likely N-dealkylation sites (tertiary alicyclic amines) is 1. The van der Waals surface area contributed by atoms with Gasteiger partial charge in [-0.25, -0.2) is 0 Å². The van der Waals surface area contributed by atoms with E-state index in [0.29, 0.717) is 25.9 Å². The Balaban J connectivity index is 1.74. The van der Waals surface area contributed by atoms with Crippen LogP contribution in [0.15, 0.2) is 42.5 Å². The minimum absolute atomic E-state index is 0.0176. The fourth-order valence-corrected chi connectivity index (χ4v) is 5.04. The first kappa shape index (κ1) is 29.6. The molecular formula is C30H44N4O4. The molecule has 4 N–H and O–H groups in total. The summed E-state index contributed by atoms with van der Waals surface area (Å²) in [4.78, 5) is 41.5. The third-order valence-electron chi connectivity index (χ3n) is 7.33. The highest BCUT2D eigenvalue weighted by molar-refractivity contribution is 5.93. The summed E-state index contributed by atoms with van der Waals surface area (Å²) in [5.74, 6) is -0.735. The topological polar surface area (TPSA) is 111 Å². The van der Waals surface area contributed by atoms with Crippen LogP contribution in [0, 0.1) is 5.92 Å². The average molecular weight is 525 g/mol. The molecule has 8 heteroatoms. The van der Waals surface area contributed by atoms with Crippen molar-refractivity contribution in [3.05, 3.63) is 48.0 Å². The van der Waals surface area contributed by atoms with E-state index in [0.717, 1.165) is 35.6 Å². The van der Waals surface area contributed by atoms with Gasteiger partial charge in [-0.3, -0.25) is 14.4 Å². The van der Waals surface area contributed by atoms with Crippen molar-refractivity contribution in [3.8, 4) is 0 Å². The van der Waals surface area contributed by atoms with Crippen molar-refractivity contribution in [1.29, 1.82) is 0 Å². The van der Waals surface area contributed by atoms with E-state index in [4.69, 9.17) is 0 Å². The maximum Gasteiger partial charge on any atom is 0.243 e. The molecule has 0 aliphatic carbocycles. The highest BCUT2D eigenvalue weighted by atomic mass is 16.3. The number of amides is 3. The molecule has 3 amide bonds. The SMILES string of the molecule is CCC(CC)C(=O)N1CCCC1C(=O)NC(Cc1ccc2ccccc2c1)C(=O)NCC(O)CNC(C)C. The fraction of sp³-hybridized carbons (Fsp3) is 0.567. The lowest BCUT2D eigenvalue weighted by Crippen LogP contribution is -2.55. The molecule has 1 heterocycles. The number of nitrogens with zero attached hydrogens (tertiary/aromatic N) is 1. The van der Waals surface area contributed by atoms with Gasteiger partial charge >= 0.3 is 0 Å². The van der Waals surface area contributed by atoms with Gasteiger partial charge in [-0.05, 0) is 42.0 Å². The minimum atomic E-state index is -0.834. The second-order valence-electron chi connectivity index (χ2n) is 10.6. The first-order chi connectivity index (χ1) is 18.2. The van der Waals surface area contributed by atoms with Crippen LogP contribution in [0.1, 0.15) is 58.9 Å². The van der Waals surface area contributed by atoms with Gasteiger partial charge < -0.3 is 26.0 Å². The van der Waals surface area contributed by atoms with Crippen LogP contribution in [0.4, 0.5) is 0 Å². The Morgan fingerprint density at radius 3 is 2.42 bits per heavy atom. The van der Waals surface area contributed by atoms with E-state index >= 15 is 0 Å². The Hall–Kier alpha value is -2.97. The Morgan fingerprint density at radius 1 is 1.03 bits per heavy atom. The maximum atomic E-state index is 13.4. The Bertz CT molecular complexity index is 1080. The van der Waals surface area contributed by atoms with Gasteiger partial charge in [-0.15, -0.1) is 0 Å². The van der Waals surface area contributed by atoms with Gasteiger partial charge in [-0.2, -0.15) is 0 Å². The van der Waals surface area contributed by atoms with E-state index in [-0.39, 0.29) is 36.2 Å². The first-order valence-electron chi connectivity index (χ1n) is 14.0. The number of hydrogen-bond acceptors (Lipinski definition) is 5. The Morgan fingerprint density at radius 2 is 1.74 bits per heavy atom. The number of aliphatic hydroxyl groups is 1. The number of carbonyl (C=O) groups excluding carboxylic acids is 3. The predicted octanol–water partition coefficient (Wildman–Crippen LogP) is 2.77. The van der Waals surface area contributed by atoms with Crippen molar-refractivity contribution in [2.24, 2.45) is 5.92 Å². The maximum absolute atomic E-state index is 13.4. The summed E-state index contributed by atoms with van der Waals surface area (Å²) in [5.41, 5.74) is 0.919. The summed E-state index contributed by atoms with van der Waals surface area (Å²) in [6, 6.07) is 12.8. The van der Waals surface area contributed by atoms with E-state index in [1.54, 1.807) is 4.90 Å². The zero-order valence-corrected chi connectivity index (χ0v) is 23.2. The number of nitrogens with one attached hydrogen (secondary N) is 3. The van der Waals surface area contributed by atoms with Crippen LogP contribution in [0.25, 0.3) is 10.8 Å². The molecule has 0 radical (unpaired) electrons. The highest BCUT2D eigenvalue weighted by Gasteiger charge is 2.37. The summed E-state index contributed by atoms with van der Waals surface area (Å²) in [7, 11) is 0. The molecule has 0 saturated carbocycles. The van der Waals surface area contributed by atoms with Crippen molar-refractivity contribution in [3.63, 3.8) is 0 Å². The standard InChI is InChI=1S/C30H44N4O4/c1-5-22(6-2)30(38)34-15-9-12-27(34)29(37)33-26(28(36)32-19-25(35)18-31-20(3)4)17-21-13-14-23-10-7-8-11-24(23)16-21/h7-8,10-11,13-14,16,20,22,25-27,31,35H,5-6,9,12,15,17-19H2,1-4H3,(H,32,36)(H,33,37). The van der Waals surface area contributed by atoms with Crippen LogP contribution < -0.4 is 16.0 Å². The molecular weight excluding hydrogens is 480 g/mol. The van der Waals surface area contributed by atoms with Gasteiger partial charge in [0.25, 0.3) is 0 Å². The zero-order valence-electron chi connectivity index (χ0n) is 23.2. The second kappa shape index (κ2) is 14.3. The molecule has 3 rings (SSSR count). The van der Waals surface area contributed by atoms with Gasteiger partial charge in [0, 0.05) is 38.0 Å². The van der Waals surface area contributed by atoms with E-state index in [2.05, 4.69) is 16.0 Å². The van der Waals surface area contributed by atoms with Crippen LogP contribution >= 0.6 is 0 Å². The molecule has 2 aromatic carbocycles. The molecule has 3 unspecified atom stereocenters. The quantitative estimate of drug-likeness (QED) is 0.322. The number of hydrogen-bond donors (Lipinski definition) is 4. The molecule has 0 aromatic heterocycles. The van der Waals surface area contributed by atoms with Gasteiger partial charge in [0.05, 0.1) is 6.10 Å². The second-order valence-corrected chi connectivity index (χ2v) is 10.6.